The molecule has 0 heterocycles. The molecule has 1 nitrogen and oxygen atoms in total. The third-order valence-electron chi connectivity index (χ3n) is 2.80. The minimum Gasteiger partial charge on any atom is -0.317 e. The van der Waals surface area contributed by atoms with Crippen LogP contribution in [0.5, 0.6) is 0 Å². The van der Waals surface area contributed by atoms with Gasteiger partial charge in [-0.2, -0.15) is 0 Å². The Balaban J connectivity index is 2.33. The third-order valence-corrected chi connectivity index (χ3v) is 2.80. The molecule has 0 bridgehead atoms. The quantitative estimate of drug-likeness (QED) is 0.703. The van der Waals surface area contributed by atoms with E-state index in [2.05, 4.69) is 44.3 Å². The normalized spacial score (nSPS) is 10.6. The SMILES string of the molecule is CCNCCCCc1cc(C)ccc1C. The molecule has 0 aliphatic rings. The highest BCUT2D eigenvalue weighted by Gasteiger charge is 1.98. The first-order chi connectivity index (χ1) is 7.24. The zero-order valence-electron chi connectivity index (χ0n) is 10.3. The molecule has 0 fully saturated rings. The fraction of sp³-hybridized carbons (Fsp3) is 0.571. The fourth-order valence-corrected chi connectivity index (χ4v) is 1.81. The van der Waals surface area contributed by atoms with Crippen molar-refractivity contribution in [3.05, 3.63) is 34.9 Å². The largest absolute Gasteiger partial charge is 0.317 e. The lowest BCUT2D eigenvalue weighted by atomic mass is 10.0. The average Bonchev–Trinajstić information content (AvgIpc) is 2.23. The monoisotopic (exact) mass is 205 g/mol. The Morgan fingerprint density at radius 3 is 2.67 bits per heavy atom. The van der Waals surface area contributed by atoms with Gasteiger partial charge in [0.1, 0.15) is 0 Å². The molecule has 0 amide bonds. The molecule has 0 aliphatic heterocycles. The summed E-state index contributed by atoms with van der Waals surface area (Å²) in [5, 5.41) is 3.36. The smallest absolute Gasteiger partial charge is 0.00489 e. The van der Waals surface area contributed by atoms with Crippen LogP contribution < -0.4 is 5.32 Å². The van der Waals surface area contributed by atoms with E-state index < -0.39 is 0 Å². The van der Waals surface area contributed by atoms with Crippen LogP contribution in [-0.2, 0) is 6.42 Å². The maximum Gasteiger partial charge on any atom is -0.00489 e. The highest BCUT2D eigenvalue weighted by molar-refractivity contribution is 5.30. The number of aryl methyl sites for hydroxylation is 3. The van der Waals surface area contributed by atoms with Gasteiger partial charge in [0, 0.05) is 0 Å². The molecule has 0 saturated heterocycles. The lowest BCUT2D eigenvalue weighted by Crippen LogP contribution is -2.13. The Kier molecular flexibility index (Phi) is 5.41. The summed E-state index contributed by atoms with van der Waals surface area (Å²) in [6.45, 7) is 8.77. The van der Waals surface area contributed by atoms with Gasteiger partial charge >= 0.3 is 0 Å². The van der Waals surface area contributed by atoms with Gasteiger partial charge in [-0.15, -0.1) is 0 Å². The van der Waals surface area contributed by atoms with E-state index in [1.165, 1.54) is 36.0 Å². The average molecular weight is 205 g/mol. The molecule has 0 saturated carbocycles. The molecule has 1 heteroatoms. The predicted molar refractivity (Wildman–Crippen MR) is 67.4 cm³/mol. The molecule has 0 aromatic heterocycles. The number of unbranched alkanes of at least 4 members (excludes halogenated alkanes) is 1. The number of nitrogens with one attached hydrogen (secondary N) is 1. The van der Waals surface area contributed by atoms with Gasteiger partial charge < -0.3 is 5.32 Å². The van der Waals surface area contributed by atoms with Crippen LogP contribution in [0.4, 0.5) is 0 Å². The molecule has 0 spiro atoms. The first kappa shape index (κ1) is 12.3. The molecule has 0 radical (unpaired) electrons. The van der Waals surface area contributed by atoms with Gasteiger partial charge in [0.25, 0.3) is 0 Å². The Labute approximate surface area is 93.9 Å². The van der Waals surface area contributed by atoms with Crippen molar-refractivity contribution in [2.45, 2.75) is 40.0 Å². The van der Waals surface area contributed by atoms with E-state index in [1.807, 2.05) is 0 Å². The maximum absolute atomic E-state index is 3.36. The predicted octanol–water partition coefficient (Wildman–Crippen LogP) is 3.24. The van der Waals surface area contributed by atoms with Gasteiger partial charge in [-0.3, -0.25) is 0 Å². The highest BCUT2D eigenvalue weighted by Crippen LogP contribution is 2.13. The van der Waals surface area contributed by atoms with Crippen LogP contribution in [0.15, 0.2) is 18.2 Å². The minimum atomic E-state index is 1.09. The summed E-state index contributed by atoms with van der Waals surface area (Å²) >= 11 is 0. The zero-order chi connectivity index (χ0) is 11.1. The standard InChI is InChI=1S/C14H23N/c1-4-15-10-6-5-7-14-11-12(2)8-9-13(14)3/h8-9,11,15H,4-7,10H2,1-3H3. The molecule has 1 rings (SSSR count). The van der Waals surface area contributed by atoms with Crippen molar-refractivity contribution >= 4 is 0 Å². The second-order valence-corrected chi connectivity index (χ2v) is 4.24. The second kappa shape index (κ2) is 6.62. The molecular weight excluding hydrogens is 182 g/mol. The Morgan fingerprint density at radius 2 is 1.93 bits per heavy atom. The van der Waals surface area contributed by atoms with Gasteiger partial charge in [-0.25, -0.2) is 0 Å². The molecule has 1 aromatic carbocycles. The summed E-state index contributed by atoms with van der Waals surface area (Å²) < 4.78 is 0. The van der Waals surface area contributed by atoms with E-state index in [9.17, 15) is 0 Å². The Morgan fingerprint density at radius 1 is 1.13 bits per heavy atom. The number of benzene rings is 1. The Hall–Kier alpha value is -0.820. The summed E-state index contributed by atoms with van der Waals surface area (Å²) in [6.07, 6.45) is 3.79. The molecule has 0 aliphatic carbocycles. The van der Waals surface area contributed by atoms with Crippen molar-refractivity contribution in [1.82, 2.24) is 5.32 Å². The van der Waals surface area contributed by atoms with Gasteiger partial charge in [0.15, 0.2) is 0 Å². The van der Waals surface area contributed by atoms with Crippen molar-refractivity contribution in [3.63, 3.8) is 0 Å². The Bertz CT molecular complexity index is 291. The zero-order valence-corrected chi connectivity index (χ0v) is 10.3. The first-order valence-corrected chi connectivity index (χ1v) is 6.01. The maximum atomic E-state index is 3.36. The van der Waals surface area contributed by atoms with Gasteiger partial charge in [-0.1, -0.05) is 30.7 Å². The van der Waals surface area contributed by atoms with E-state index >= 15 is 0 Å². The lowest BCUT2D eigenvalue weighted by molar-refractivity contribution is 0.640. The summed E-state index contributed by atoms with van der Waals surface area (Å²) in [5.74, 6) is 0. The van der Waals surface area contributed by atoms with E-state index in [-0.39, 0.29) is 0 Å². The summed E-state index contributed by atoms with van der Waals surface area (Å²) in [4.78, 5) is 0. The topological polar surface area (TPSA) is 12.0 Å². The minimum absolute atomic E-state index is 1.09. The first-order valence-electron chi connectivity index (χ1n) is 6.01. The van der Waals surface area contributed by atoms with Crippen LogP contribution in [-0.4, -0.2) is 13.1 Å². The molecule has 1 N–H and O–H groups in total. The fourth-order valence-electron chi connectivity index (χ4n) is 1.81. The van der Waals surface area contributed by atoms with Crippen LogP contribution in [0.1, 0.15) is 36.5 Å². The third kappa shape index (κ3) is 4.48. The highest BCUT2D eigenvalue weighted by atomic mass is 14.8. The molecule has 1 aromatic rings. The van der Waals surface area contributed by atoms with Gasteiger partial charge in [-0.05, 0) is 57.3 Å². The van der Waals surface area contributed by atoms with E-state index in [4.69, 9.17) is 0 Å². The van der Waals surface area contributed by atoms with Crippen LogP contribution in [0.25, 0.3) is 0 Å². The molecule has 15 heavy (non-hydrogen) atoms. The second-order valence-electron chi connectivity index (χ2n) is 4.24. The number of rotatable bonds is 6. The molecule has 0 atom stereocenters. The number of hydrogen-bond donors (Lipinski definition) is 1. The molecular formula is C14H23N. The van der Waals surface area contributed by atoms with Crippen molar-refractivity contribution in [3.8, 4) is 0 Å². The molecule has 0 unspecified atom stereocenters. The van der Waals surface area contributed by atoms with Crippen LogP contribution in [0, 0.1) is 13.8 Å². The number of hydrogen-bond acceptors (Lipinski definition) is 1. The van der Waals surface area contributed by atoms with Gasteiger partial charge in [0.2, 0.25) is 0 Å². The van der Waals surface area contributed by atoms with Crippen molar-refractivity contribution in [2.24, 2.45) is 0 Å². The van der Waals surface area contributed by atoms with Gasteiger partial charge in [0.05, 0.1) is 0 Å². The lowest BCUT2D eigenvalue weighted by Gasteiger charge is -2.07. The van der Waals surface area contributed by atoms with Crippen LogP contribution in [0.2, 0.25) is 0 Å². The van der Waals surface area contributed by atoms with Crippen molar-refractivity contribution in [1.29, 1.82) is 0 Å². The van der Waals surface area contributed by atoms with E-state index in [0.717, 1.165) is 13.1 Å². The summed E-state index contributed by atoms with van der Waals surface area (Å²) in [5.41, 5.74) is 4.33. The van der Waals surface area contributed by atoms with Crippen LogP contribution >= 0.6 is 0 Å². The molecule has 84 valence electrons. The van der Waals surface area contributed by atoms with Crippen LogP contribution in [0.3, 0.4) is 0 Å². The van der Waals surface area contributed by atoms with E-state index in [1.54, 1.807) is 0 Å². The van der Waals surface area contributed by atoms with Crippen molar-refractivity contribution < 1.29 is 0 Å². The summed E-state index contributed by atoms with van der Waals surface area (Å²) in [6, 6.07) is 6.75. The summed E-state index contributed by atoms with van der Waals surface area (Å²) in [7, 11) is 0. The van der Waals surface area contributed by atoms with E-state index in [0.29, 0.717) is 0 Å². The van der Waals surface area contributed by atoms with Crippen molar-refractivity contribution in [2.75, 3.05) is 13.1 Å².